The fourth-order valence-electron chi connectivity index (χ4n) is 2.16. The van der Waals surface area contributed by atoms with Gasteiger partial charge in [0.15, 0.2) is 11.5 Å². The van der Waals surface area contributed by atoms with Crippen LogP contribution in [0.5, 0.6) is 11.5 Å². The van der Waals surface area contributed by atoms with Gasteiger partial charge in [-0.25, -0.2) is 0 Å². The Hall–Kier alpha value is -2.82. The molecule has 0 radical (unpaired) electrons. The summed E-state index contributed by atoms with van der Waals surface area (Å²) in [6.45, 7) is 0. The van der Waals surface area contributed by atoms with E-state index in [9.17, 15) is 0 Å². The third kappa shape index (κ3) is 2.58. The SMILES string of the molecule is COc1cc2nncc(Nc3ccccc3)c2cc1OC. The van der Waals surface area contributed by atoms with Gasteiger partial charge in [0.2, 0.25) is 0 Å². The molecule has 0 aliphatic heterocycles. The molecule has 0 spiro atoms. The number of para-hydroxylation sites is 1. The highest BCUT2D eigenvalue weighted by atomic mass is 16.5. The van der Waals surface area contributed by atoms with Gasteiger partial charge < -0.3 is 14.8 Å². The Balaban J connectivity index is 2.10. The first-order valence-corrected chi connectivity index (χ1v) is 6.51. The molecule has 0 aliphatic rings. The number of benzene rings is 2. The van der Waals surface area contributed by atoms with E-state index in [0.29, 0.717) is 11.5 Å². The summed E-state index contributed by atoms with van der Waals surface area (Å²) in [5, 5.41) is 12.4. The van der Waals surface area contributed by atoms with Crippen molar-refractivity contribution in [1.29, 1.82) is 0 Å². The predicted molar refractivity (Wildman–Crippen MR) is 82.4 cm³/mol. The van der Waals surface area contributed by atoms with Crippen molar-refractivity contribution < 1.29 is 9.47 Å². The third-order valence-corrected chi connectivity index (χ3v) is 3.20. The van der Waals surface area contributed by atoms with Crippen molar-refractivity contribution in [2.45, 2.75) is 0 Å². The molecule has 21 heavy (non-hydrogen) atoms. The highest BCUT2D eigenvalue weighted by Gasteiger charge is 2.10. The summed E-state index contributed by atoms with van der Waals surface area (Å²) in [5.41, 5.74) is 2.60. The highest BCUT2D eigenvalue weighted by Crippen LogP contribution is 2.34. The van der Waals surface area contributed by atoms with Crippen LogP contribution in [0.25, 0.3) is 10.9 Å². The molecule has 0 aliphatic carbocycles. The van der Waals surface area contributed by atoms with Crippen LogP contribution in [-0.2, 0) is 0 Å². The number of fused-ring (bicyclic) bond motifs is 1. The fraction of sp³-hybridized carbons (Fsp3) is 0.125. The number of aromatic nitrogens is 2. The van der Waals surface area contributed by atoms with E-state index in [2.05, 4.69) is 15.5 Å². The molecule has 0 bridgehead atoms. The van der Waals surface area contributed by atoms with Crippen LogP contribution in [0.4, 0.5) is 11.4 Å². The van der Waals surface area contributed by atoms with Crippen LogP contribution in [-0.4, -0.2) is 24.4 Å². The lowest BCUT2D eigenvalue weighted by Gasteiger charge is -2.12. The van der Waals surface area contributed by atoms with Gasteiger partial charge in [0.1, 0.15) is 0 Å². The zero-order chi connectivity index (χ0) is 14.7. The molecule has 0 saturated heterocycles. The van der Waals surface area contributed by atoms with E-state index in [1.54, 1.807) is 20.4 Å². The quantitative estimate of drug-likeness (QED) is 0.794. The summed E-state index contributed by atoms with van der Waals surface area (Å²) in [7, 11) is 3.21. The monoisotopic (exact) mass is 281 g/mol. The van der Waals surface area contributed by atoms with Crippen LogP contribution in [0, 0.1) is 0 Å². The molecule has 5 nitrogen and oxygen atoms in total. The van der Waals surface area contributed by atoms with Crippen LogP contribution < -0.4 is 14.8 Å². The number of anilines is 2. The molecule has 0 fully saturated rings. The largest absolute Gasteiger partial charge is 0.493 e. The maximum Gasteiger partial charge on any atom is 0.162 e. The van der Waals surface area contributed by atoms with Crippen molar-refractivity contribution in [2.75, 3.05) is 19.5 Å². The summed E-state index contributed by atoms with van der Waals surface area (Å²) < 4.78 is 10.6. The normalized spacial score (nSPS) is 10.4. The van der Waals surface area contributed by atoms with Crippen LogP contribution in [0.3, 0.4) is 0 Å². The smallest absolute Gasteiger partial charge is 0.162 e. The highest BCUT2D eigenvalue weighted by molar-refractivity contribution is 5.94. The molecule has 5 heteroatoms. The Morgan fingerprint density at radius 3 is 2.38 bits per heavy atom. The lowest BCUT2D eigenvalue weighted by Crippen LogP contribution is -1.97. The first-order chi connectivity index (χ1) is 10.3. The first kappa shape index (κ1) is 13.2. The van der Waals surface area contributed by atoms with Gasteiger partial charge in [-0.2, -0.15) is 10.2 Å². The number of rotatable bonds is 4. The summed E-state index contributed by atoms with van der Waals surface area (Å²) in [6, 6.07) is 13.6. The number of nitrogens with one attached hydrogen (secondary N) is 1. The van der Waals surface area contributed by atoms with E-state index < -0.39 is 0 Å². The molecule has 1 aromatic heterocycles. The zero-order valence-electron chi connectivity index (χ0n) is 11.8. The summed E-state index contributed by atoms with van der Waals surface area (Å²) in [6.07, 6.45) is 1.70. The van der Waals surface area contributed by atoms with Gasteiger partial charge in [-0.15, -0.1) is 0 Å². The molecule has 2 aromatic carbocycles. The molecular weight excluding hydrogens is 266 g/mol. The lowest BCUT2D eigenvalue weighted by molar-refractivity contribution is 0.356. The number of hydrogen-bond acceptors (Lipinski definition) is 5. The van der Waals surface area contributed by atoms with Crippen molar-refractivity contribution in [3.05, 3.63) is 48.7 Å². The van der Waals surface area contributed by atoms with Gasteiger partial charge >= 0.3 is 0 Å². The summed E-state index contributed by atoms with van der Waals surface area (Å²) in [4.78, 5) is 0. The summed E-state index contributed by atoms with van der Waals surface area (Å²) >= 11 is 0. The van der Waals surface area contributed by atoms with Gasteiger partial charge in [0, 0.05) is 17.1 Å². The van der Waals surface area contributed by atoms with Crippen molar-refractivity contribution in [1.82, 2.24) is 10.2 Å². The third-order valence-electron chi connectivity index (χ3n) is 3.20. The minimum absolute atomic E-state index is 0.635. The first-order valence-electron chi connectivity index (χ1n) is 6.51. The minimum Gasteiger partial charge on any atom is -0.493 e. The average Bonchev–Trinajstić information content (AvgIpc) is 2.55. The van der Waals surface area contributed by atoms with Gasteiger partial charge in [0.25, 0.3) is 0 Å². The molecule has 3 rings (SSSR count). The number of nitrogens with zero attached hydrogens (tertiary/aromatic N) is 2. The molecule has 1 N–H and O–H groups in total. The molecule has 0 unspecified atom stereocenters. The second-order valence-electron chi connectivity index (χ2n) is 4.47. The lowest BCUT2D eigenvalue weighted by atomic mass is 10.1. The Morgan fingerprint density at radius 1 is 0.952 bits per heavy atom. The Morgan fingerprint density at radius 2 is 1.67 bits per heavy atom. The number of ether oxygens (including phenoxy) is 2. The van der Waals surface area contributed by atoms with Crippen molar-refractivity contribution in [3.8, 4) is 11.5 Å². The van der Waals surface area contributed by atoms with E-state index in [0.717, 1.165) is 22.3 Å². The molecule has 106 valence electrons. The molecular formula is C16H15N3O2. The van der Waals surface area contributed by atoms with Gasteiger partial charge in [-0.1, -0.05) is 18.2 Å². The number of hydrogen-bond donors (Lipinski definition) is 1. The predicted octanol–water partition coefficient (Wildman–Crippen LogP) is 3.39. The van der Waals surface area contributed by atoms with Crippen LogP contribution in [0.1, 0.15) is 0 Å². The minimum atomic E-state index is 0.635. The topological polar surface area (TPSA) is 56.3 Å². The summed E-state index contributed by atoms with van der Waals surface area (Å²) in [5.74, 6) is 1.30. The molecule has 3 aromatic rings. The van der Waals surface area contributed by atoms with E-state index in [1.807, 2.05) is 42.5 Å². The van der Waals surface area contributed by atoms with E-state index in [1.165, 1.54) is 0 Å². The average molecular weight is 281 g/mol. The zero-order valence-corrected chi connectivity index (χ0v) is 11.8. The van der Waals surface area contributed by atoms with Crippen molar-refractivity contribution >= 4 is 22.3 Å². The molecule has 0 atom stereocenters. The standard InChI is InChI=1S/C16H15N3O2/c1-20-15-8-12-13(9-16(15)21-2)19-17-10-14(12)18-11-6-4-3-5-7-11/h3-10H,1-2H3,(H,18,19). The van der Waals surface area contributed by atoms with Crippen molar-refractivity contribution in [3.63, 3.8) is 0 Å². The van der Waals surface area contributed by atoms with E-state index in [4.69, 9.17) is 9.47 Å². The second-order valence-corrected chi connectivity index (χ2v) is 4.47. The van der Waals surface area contributed by atoms with E-state index >= 15 is 0 Å². The van der Waals surface area contributed by atoms with Gasteiger partial charge in [-0.05, 0) is 18.2 Å². The second kappa shape index (κ2) is 5.66. The van der Waals surface area contributed by atoms with Crippen LogP contribution in [0.2, 0.25) is 0 Å². The van der Waals surface area contributed by atoms with Crippen LogP contribution in [0.15, 0.2) is 48.7 Å². The molecule has 0 saturated carbocycles. The maximum atomic E-state index is 5.35. The van der Waals surface area contributed by atoms with Crippen LogP contribution >= 0.6 is 0 Å². The Bertz CT molecular complexity index is 760. The van der Waals surface area contributed by atoms with Gasteiger partial charge in [-0.3, -0.25) is 0 Å². The van der Waals surface area contributed by atoms with E-state index in [-0.39, 0.29) is 0 Å². The number of methoxy groups -OCH3 is 2. The van der Waals surface area contributed by atoms with Gasteiger partial charge in [0.05, 0.1) is 31.6 Å². The van der Waals surface area contributed by atoms with Crippen molar-refractivity contribution in [2.24, 2.45) is 0 Å². The fourth-order valence-corrected chi connectivity index (χ4v) is 2.16. The molecule has 1 heterocycles. The Labute approximate surface area is 122 Å². The molecule has 0 amide bonds. The Kier molecular flexibility index (Phi) is 3.55. The maximum absolute atomic E-state index is 5.35.